The summed E-state index contributed by atoms with van der Waals surface area (Å²) in [6, 6.07) is 0.477. The van der Waals surface area contributed by atoms with Gasteiger partial charge in [-0.2, -0.15) is 0 Å². The van der Waals surface area contributed by atoms with Gasteiger partial charge >= 0.3 is 0 Å². The van der Waals surface area contributed by atoms with Crippen molar-refractivity contribution in [1.29, 1.82) is 0 Å². The molecule has 0 bridgehead atoms. The summed E-state index contributed by atoms with van der Waals surface area (Å²) < 4.78 is 0. The van der Waals surface area contributed by atoms with Crippen LogP contribution in [0.15, 0.2) is 12.2 Å². The summed E-state index contributed by atoms with van der Waals surface area (Å²) in [5, 5.41) is 0. The van der Waals surface area contributed by atoms with Gasteiger partial charge in [0.05, 0.1) is 0 Å². The number of hydrogen-bond acceptors (Lipinski definition) is 1. The lowest BCUT2D eigenvalue weighted by atomic mass is 9.81. The van der Waals surface area contributed by atoms with Crippen LogP contribution in [0.5, 0.6) is 0 Å². The van der Waals surface area contributed by atoms with Crippen LogP contribution in [0.1, 0.15) is 54.9 Å². The molecule has 0 heterocycles. The quantitative estimate of drug-likeness (QED) is 0.635. The van der Waals surface area contributed by atoms with Crippen molar-refractivity contribution in [3.05, 3.63) is 12.2 Å². The first-order valence-corrected chi connectivity index (χ1v) is 5.94. The molecular weight excluding hydrogens is 182 g/mol. The van der Waals surface area contributed by atoms with Crippen LogP contribution in [0, 0.1) is 5.41 Å². The van der Waals surface area contributed by atoms with Gasteiger partial charge in [0.25, 0.3) is 0 Å². The normalized spacial score (nSPS) is 15.5. The fraction of sp³-hybridized carbons (Fsp3) is 0.857. The minimum atomic E-state index is 0.195. The van der Waals surface area contributed by atoms with Gasteiger partial charge in [-0.05, 0) is 39.7 Å². The molecule has 0 fully saturated rings. The Balaban J connectivity index is 4.87. The maximum Gasteiger partial charge on any atom is 0.0309 e. The zero-order chi connectivity index (χ0) is 12.4. The van der Waals surface area contributed by atoms with E-state index in [0.717, 1.165) is 6.42 Å². The number of nitrogens with zero attached hydrogens (tertiary/aromatic N) is 1. The van der Waals surface area contributed by atoms with Gasteiger partial charge in [0.15, 0.2) is 0 Å². The van der Waals surface area contributed by atoms with Gasteiger partial charge in [0, 0.05) is 11.6 Å². The SMILES string of the molecule is C=C(C(CC)N(C)C(C)(C)C)C(C)(C)C. The van der Waals surface area contributed by atoms with Crippen molar-refractivity contribution in [2.75, 3.05) is 7.05 Å². The Bertz CT molecular complexity index is 214. The van der Waals surface area contributed by atoms with E-state index in [9.17, 15) is 0 Å². The summed E-state index contributed by atoms with van der Waals surface area (Å²) in [5.74, 6) is 0. The van der Waals surface area contributed by atoms with E-state index in [1.807, 2.05) is 0 Å². The van der Waals surface area contributed by atoms with Crippen LogP contribution in [-0.4, -0.2) is 23.5 Å². The average molecular weight is 211 g/mol. The second-order valence-electron chi connectivity index (χ2n) is 6.48. The van der Waals surface area contributed by atoms with Crippen LogP contribution in [0.25, 0.3) is 0 Å². The molecule has 0 aliphatic heterocycles. The first kappa shape index (κ1) is 14.7. The van der Waals surface area contributed by atoms with Crippen molar-refractivity contribution in [3.63, 3.8) is 0 Å². The molecule has 0 aromatic carbocycles. The van der Waals surface area contributed by atoms with Crippen LogP contribution in [0.4, 0.5) is 0 Å². The molecule has 0 spiro atoms. The summed E-state index contributed by atoms with van der Waals surface area (Å²) in [4.78, 5) is 2.43. The minimum Gasteiger partial charge on any atom is -0.295 e. The van der Waals surface area contributed by atoms with E-state index in [1.54, 1.807) is 0 Å². The van der Waals surface area contributed by atoms with Crippen molar-refractivity contribution in [2.24, 2.45) is 5.41 Å². The van der Waals surface area contributed by atoms with Crippen LogP contribution < -0.4 is 0 Å². The van der Waals surface area contributed by atoms with Gasteiger partial charge in [0.1, 0.15) is 0 Å². The van der Waals surface area contributed by atoms with Crippen LogP contribution in [-0.2, 0) is 0 Å². The van der Waals surface area contributed by atoms with Crippen molar-refractivity contribution >= 4 is 0 Å². The van der Waals surface area contributed by atoms with Crippen LogP contribution in [0.3, 0.4) is 0 Å². The molecule has 0 aromatic heterocycles. The predicted molar refractivity (Wildman–Crippen MR) is 70.2 cm³/mol. The highest BCUT2D eigenvalue weighted by Gasteiger charge is 2.30. The number of rotatable bonds is 3. The van der Waals surface area contributed by atoms with Crippen LogP contribution >= 0.6 is 0 Å². The Morgan fingerprint density at radius 3 is 1.73 bits per heavy atom. The van der Waals surface area contributed by atoms with E-state index in [0.29, 0.717) is 6.04 Å². The average Bonchev–Trinajstić information content (AvgIpc) is 2.01. The molecule has 0 saturated heterocycles. The molecule has 1 heteroatoms. The maximum absolute atomic E-state index is 4.29. The highest BCUT2D eigenvalue weighted by molar-refractivity contribution is 5.14. The summed E-state index contributed by atoms with van der Waals surface area (Å²) >= 11 is 0. The largest absolute Gasteiger partial charge is 0.295 e. The van der Waals surface area contributed by atoms with E-state index < -0.39 is 0 Å². The highest BCUT2D eigenvalue weighted by atomic mass is 15.2. The Hall–Kier alpha value is -0.300. The zero-order valence-electron chi connectivity index (χ0n) is 11.9. The summed E-state index contributed by atoms with van der Waals surface area (Å²) in [7, 11) is 2.20. The molecule has 1 unspecified atom stereocenters. The topological polar surface area (TPSA) is 3.24 Å². The first-order chi connectivity index (χ1) is 6.51. The predicted octanol–water partition coefficient (Wildman–Crippen LogP) is 4.10. The van der Waals surface area contributed by atoms with Crippen molar-refractivity contribution < 1.29 is 0 Å². The monoisotopic (exact) mass is 211 g/mol. The second kappa shape index (κ2) is 4.69. The molecule has 15 heavy (non-hydrogen) atoms. The Morgan fingerprint density at radius 1 is 1.13 bits per heavy atom. The molecule has 90 valence electrons. The molecule has 0 N–H and O–H groups in total. The van der Waals surface area contributed by atoms with Crippen molar-refractivity contribution in [1.82, 2.24) is 4.90 Å². The van der Waals surface area contributed by atoms with Gasteiger partial charge < -0.3 is 0 Å². The Labute approximate surface area is 96.6 Å². The molecule has 0 aromatic rings. The molecule has 0 amide bonds. The number of hydrogen-bond donors (Lipinski definition) is 0. The lowest BCUT2D eigenvalue weighted by molar-refractivity contribution is 0.121. The Morgan fingerprint density at radius 2 is 1.53 bits per heavy atom. The molecule has 1 atom stereocenters. The molecular formula is C14H29N. The number of likely N-dealkylation sites (N-methyl/N-ethyl adjacent to an activating group) is 1. The molecule has 0 radical (unpaired) electrons. The minimum absolute atomic E-state index is 0.195. The van der Waals surface area contributed by atoms with Gasteiger partial charge in [-0.3, -0.25) is 4.90 Å². The summed E-state index contributed by atoms with van der Waals surface area (Å²) in [6.45, 7) is 20.0. The van der Waals surface area contributed by atoms with Gasteiger partial charge in [-0.15, -0.1) is 0 Å². The van der Waals surface area contributed by atoms with E-state index >= 15 is 0 Å². The summed E-state index contributed by atoms with van der Waals surface area (Å²) in [6.07, 6.45) is 1.13. The standard InChI is InChI=1S/C14H29N/c1-10-12(11(2)13(3,4)5)15(9)14(6,7)8/h12H,2,10H2,1,3-9H3. The van der Waals surface area contributed by atoms with Gasteiger partial charge in [-0.1, -0.05) is 39.8 Å². The van der Waals surface area contributed by atoms with Crippen LogP contribution in [0.2, 0.25) is 0 Å². The third-order valence-electron chi connectivity index (χ3n) is 3.28. The maximum atomic E-state index is 4.29. The van der Waals surface area contributed by atoms with Crippen molar-refractivity contribution in [3.8, 4) is 0 Å². The lowest BCUT2D eigenvalue weighted by Gasteiger charge is -2.42. The van der Waals surface area contributed by atoms with E-state index in [-0.39, 0.29) is 11.0 Å². The second-order valence-corrected chi connectivity index (χ2v) is 6.48. The van der Waals surface area contributed by atoms with E-state index in [4.69, 9.17) is 0 Å². The van der Waals surface area contributed by atoms with Gasteiger partial charge in [0.2, 0.25) is 0 Å². The smallest absolute Gasteiger partial charge is 0.0309 e. The first-order valence-electron chi connectivity index (χ1n) is 5.94. The molecule has 0 saturated carbocycles. The molecule has 1 nitrogen and oxygen atoms in total. The zero-order valence-corrected chi connectivity index (χ0v) is 11.9. The fourth-order valence-corrected chi connectivity index (χ4v) is 1.72. The van der Waals surface area contributed by atoms with Crippen molar-refractivity contribution in [2.45, 2.75) is 66.5 Å². The highest BCUT2D eigenvalue weighted by Crippen LogP contribution is 2.32. The summed E-state index contributed by atoms with van der Waals surface area (Å²) in [5.41, 5.74) is 1.73. The van der Waals surface area contributed by atoms with E-state index in [1.165, 1.54) is 5.57 Å². The third-order valence-corrected chi connectivity index (χ3v) is 3.28. The molecule has 0 aliphatic carbocycles. The van der Waals surface area contributed by atoms with Gasteiger partial charge in [-0.25, -0.2) is 0 Å². The molecule has 0 rings (SSSR count). The third kappa shape index (κ3) is 3.98. The Kier molecular flexibility index (Phi) is 4.60. The fourth-order valence-electron chi connectivity index (χ4n) is 1.72. The molecule has 0 aliphatic rings. The van der Waals surface area contributed by atoms with E-state index in [2.05, 4.69) is 67.0 Å². The lowest BCUT2D eigenvalue weighted by Crippen LogP contribution is -2.47.